The molecule has 0 fully saturated rings. The van der Waals surface area contributed by atoms with Gasteiger partial charge in [0.2, 0.25) is 0 Å². The number of carbonyl (C=O) groups is 1. The van der Waals surface area contributed by atoms with Gasteiger partial charge in [-0.3, -0.25) is 0 Å². The van der Waals surface area contributed by atoms with Crippen LogP contribution in [-0.4, -0.2) is 24.0 Å². The SMILES string of the molecule is NCCN(Cc1c(F)cccc1F)C(N)=O. The first-order valence-electron chi connectivity index (χ1n) is 4.73. The monoisotopic (exact) mass is 229 g/mol. The molecule has 0 aliphatic carbocycles. The van der Waals surface area contributed by atoms with Gasteiger partial charge in [-0.25, -0.2) is 13.6 Å². The number of amides is 2. The molecule has 0 atom stereocenters. The Labute approximate surface area is 91.8 Å². The van der Waals surface area contributed by atoms with E-state index in [0.29, 0.717) is 0 Å². The van der Waals surface area contributed by atoms with Gasteiger partial charge < -0.3 is 16.4 Å². The second-order valence-electron chi connectivity index (χ2n) is 3.25. The van der Waals surface area contributed by atoms with Crippen LogP contribution in [0, 0.1) is 11.6 Å². The second kappa shape index (κ2) is 5.41. The van der Waals surface area contributed by atoms with E-state index in [1.54, 1.807) is 0 Å². The van der Waals surface area contributed by atoms with Gasteiger partial charge in [0, 0.05) is 18.7 Å². The number of benzene rings is 1. The molecule has 6 heteroatoms. The first-order valence-corrected chi connectivity index (χ1v) is 4.73. The molecule has 1 aromatic carbocycles. The molecule has 0 unspecified atom stereocenters. The van der Waals surface area contributed by atoms with E-state index >= 15 is 0 Å². The van der Waals surface area contributed by atoms with Crippen molar-refractivity contribution in [3.05, 3.63) is 35.4 Å². The summed E-state index contributed by atoms with van der Waals surface area (Å²) in [4.78, 5) is 12.0. The highest BCUT2D eigenvalue weighted by atomic mass is 19.1. The molecule has 0 radical (unpaired) electrons. The summed E-state index contributed by atoms with van der Waals surface area (Å²) < 4.78 is 26.5. The van der Waals surface area contributed by atoms with Gasteiger partial charge in [0.25, 0.3) is 0 Å². The Kier molecular flexibility index (Phi) is 4.19. The molecule has 0 saturated carbocycles. The molecule has 0 aliphatic rings. The van der Waals surface area contributed by atoms with Gasteiger partial charge in [0.15, 0.2) is 0 Å². The van der Waals surface area contributed by atoms with E-state index < -0.39 is 17.7 Å². The zero-order valence-electron chi connectivity index (χ0n) is 8.62. The van der Waals surface area contributed by atoms with Crippen LogP contribution in [0.25, 0.3) is 0 Å². The van der Waals surface area contributed by atoms with Crippen LogP contribution in [0.1, 0.15) is 5.56 Å². The molecule has 4 nitrogen and oxygen atoms in total. The van der Waals surface area contributed by atoms with E-state index in [2.05, 4.69) is 0 Å². The van der Waals surface area contributed by atoms with Crippen molar-refractivity contribution in [1.29, 1.82) is 0 Å². The predicted molar refractivity (Wildman–Crippen MR) is 55.4 cm³/mol. The maximum atomic E-state index is 13.3. The molecule has 0 spiro atoms. The summed E-state index contributed by atoms with van der Waals surface area (Å²) >= 11 is 0. The number of hydrogen-bond acceptors (Lipinski definition) is 2. The third-order valence-corrected chi connectivity index (χ3v) is 2.12. The fourth-order valence-electron chi connectivity index (χ4n) is 1.30. The number of urea groups is 1. The van der Waals surface area contributed by atoms with Crippen LogP contribution >= 0.6 is 0 Å². The topological polar surface area (TPSA) is 72.3 Å². The Hall–Kier alpha value is -1.69. The van der Waals surface area contributed by atoms with E-state index in [0.717, 1.165) is 17.0 Å². The largest absolute Gasteiger partial charge is 0.351 e. The van der Waals surface area contributed by atoms with Gasteiger partial charge in [-0.1, -0.05) is 6.07 Å². The van der Waals surface area contributed by atoms with Crippen molar-refractivity contribution in [2.24, 2.45) is 11.5 Å². The Balaban J connectivity index is 2.89. The average Bonchev–Trinajstić information content (AvgIpc) is 2.21. The van der Waals surface area contributed by atoms with Crippen molar-refractivity contribution in [3.8, 4) is 0 Å². The van der Waals surface area contributed by atoms with Gasteiger partial charge in [-0.15, -0.1) is 0 Å². The first-order chi connectivity index (χ1) is 7.56. The average molecular weight is 229 g/mol. The summed E-state index contributed by atoms with van der Waals surface area (Å²) in [5.41, 5.74) is 10.1. The predicted octanol–water partition coefficient (Wildman–Crippen LogP) is 0.804. The third kappa shape index (κ3) is 2.90. The highest BCUT2D eigenvalue weighted by Gasteiger charge is 2.15. The van der Waals surface area contributed by atoms with E-state index in [4.69, 9.17) is 11.5 Å². The van der Waals surface area contributed by atoms with Gasteiger partial charge >= 0.3 is 6.03 Å². The van der Waals surface area contributed by atoms with Crippen LogP contribution in [0.15, 0.2) is 18.2 Å². The van der Waals surface area contributed by atoms with Crippen LogP contribution in [0.4, 0.5) is 13.6 Å². The number of carbonyl (C=O) groups excluding carboxylic acids is 1. The quantitative estimate of drug-likeness (QED) is 0.801. The van der Waals surface area contributed by atoms with Gasteiger partial charge in [0.05, 0.1) is 6.54 Å². The van der Waals surface area contributed by atoms with Crippen molar-refractivity contribution in [1.82, 2.24) is 4.90 Å². The molecule has 4 N–H and O–H groups in total. The minimum Gasteiger partial charge on any atom is -0.351 e. The molecular formula is C10H13F2N3O. The lowest BCUT2D eigenvalue weighted by Gasteiger charge is -2.20. The highest BCUT2D eigenvalue weighted by Crippen LogP contribution is 2.14. The smallest absolute Gasteiger partial charge is 0.315 e. The molecule has 2 amide bonds. The third-order valence-electron chi connectivity index (χ3n) is 2.12. The first kappa shape index (κ1) is 12.4. The van der Waals surface area contributed by atoms with Crippen LogP contribution in [0.5, 0.6) is 0 Å². The van der Waals surface area contributed by atoms with Gasteiger partial charge in [-0.2, -0.15) is 0 Å². The Morgan fingerprint density at radius 1 is 1.31 bits per heavy atom. The van der Waals surface area contributed by atoms with Gasteiger partial charge in [0.1, 0.15) is 11.6 Å². The van der Waals surface area contributed by atoms with Crippen molar-refractivity contribution in [2.75, 3.05) is 13.1 Å². The summed E-state index contributed by atoms with van der Waals surface area (Å²) in [6.07, 6.45) is 0. The van der Waals surface area contributed by atoms with Gasteiger partial charge in [-0.05, 0) is 12.1 Å². The molecule has 0 saturated heterocycles. The highest BCUT2D eigenvalue weighted by molar-refractivity contribution is 5.72. The summed E-state index contributed by atoms with van der Waals surface area (Å²) in [6, 6.07) is 2.75. The molecule has 0 bridgehead atoms. The van der Waals surface area contributed by atoms with E-state index in [9.17, 15) is 13.6 Å². The molecule has 0 heterocycles. The van der Waals surface area contributed by atoms with Crippen molar-refractivity contribution < 1.29 is 13.6 Å². The maximum Gasteiger partial charge on any atom is 0.315 e. The second-order valence-corrected chi connectivity index (χ2v) is 3.25. The van der Waals surface area contributed by atoms with Crippen LogP contribution in [-0.2, 0) is 6.54 Å². The molecule has 1 aromatic rings. The van der Waals surface area contributed by atoms with Crippen LogP contribution in [0.3, 0.4) is 0 Å². The minimum atomic E-state index is -0.756. The van der Waals surface area contributed by atoms with E-state index in [1.807, 2.05) is 0 Å². The maximum absolute atomic E-state index is 13.3. The number of rotatable bonds is 4. The van der Waals surface area contributed by atoms with E-state index in [-0.39, 0.29) is 25.2 Å². The lowest BCUT2D eigenvalue weighted by molar-refractivity contribution is 0.205. The zero-order chi connectivity index (χ0) is 12.1. The van der Waals surface area contributed by atoms with E-state index in [1.165, 1.54) is 6.07 Å². The number of nitrogens with two attached hydrogens (primary N) is 2. The number of nitrogens with zero attached hydrogens (tertiary/aromatic N) is 1. The molecule has 16 heavy (non-hydrogen) atoms. The Morgan fingerprint density at radius 2 is 1.88 bits per heavy atom. The van der Waals surface area contributed by atoms with Crippen LogP contribution in [0.2, 0.25) is 0 Å². The fraction of sp³-hybridized carbons (Fsp3) is 0.300. The Morgan fingerprint density at radius 3 is 2.31 bits per heavy atom. The molecule has 1 rings (SSSR count). The minimum absolute atomic E-state index is 0.156. The van der Waals surface area contributed by atoms with Crippen LogP contribution < -0.4 is 11.5 Å². The van der Waals surface area contributed by atoms with Crippen molar-refractivity contribution >= 4 is 6.03 Å². The summed E-state index contributed by atoms with van der Waals surface area (Å²) in [5.74, 6) is -1.41. The number of halogens is 2. The molecule has 88 valence electrons. The normalized spacial score (nSPS) is 10.2. The summed E-state index contributed by atoms with van der Waals surface area (Å²) in [6.45, 7) is 0.118. The number of primary amides is 1. The molecular weight excluding hydrogens is 216 g/mol. The molecule has 0 aliphatic heterocycles. The standard InChI is InChI=1S/C10H13F2N3O/c11-8-2-1-3-9(12)7(8)6-15(5-4-13)10(14)16/h1-3H,4-6,13H2,(H2,14,16). The molecule has 0 aromatic heterocycles. The van der Waals surface area contributed by atoms with Crippen molar-refractivity contribution in [3.63, 3.8) is 0 Å². The lowest BCUT2D eigenvalue weighted by Crippen LogP contribution is -2.39. The summed E-state index contributed by atoms with van der Waals surface area (Å²) in [5, 5.41) is 0. The summed E-state index contributed by atoms with van der Waals surface area (Å²) in [7, 11) is 0. The Bertz CT molecular complexity index is 364. The van der Waals surface area contributed by atoms with Crippen molar-refractivity contribution in [2.45, 2.75) is 6.54 Å². The fourth-order valence-corrected chi connectivity index (χ4v) is 1.30. The number of hydrogen-bond donors (Lipinski definition) is 2. The lowest BCUT2D eigenvalue weighted by atomic mass is 10.2. The zero-order valence-corrected chi connectivity index (χ0v) is 8.62.